The summed E-state index contributed by atoms with van der Waals surface area (Å²) in [6, 6.07) is 15.0. The molecule has 0 aliphatic heterocycles. The minimum atomic E-state index is -1.18. The summed E-state index contributed by atoms with van der Waals surface area (Å²) in [4.78, 5) is 35.7. The number of nitrogens with one attached hydrogen (secondary N) is 3. The molecule has 0 aliphatic rings. The highest BCUT2D eigenvalue weighted by atomic mass is 16.5. The van der Waals surface area contributed by atoms with Gasteiger partial charge in [0.2, 0.25) is 0 Å². The van der Waals surface area contributed by atoms with Gasteiger partial charge in [0.25, 0.3) is 5.91 Å². The van der Waals surface area contributed by atoms with Gasteiger partial charge in [0, 0.05) is 29.0 Å². The fourth-order valence-electron chi connectivity index (χ4n) is 3.81. The van der Waals surface area contributed by atoms with E-state index in [1.54, 1.807) is 49.4 Å². The number of carboxylic acid groups (broad SMARTS) is 2. The van der Waals surface area contributed by atoms with Gasteiger partial charge in [-0.05, 0) is 67.9 Å². The van der Waals surface area contributed by atoms with Crippen molar-refractivity contribution in [2.45, 2.75) is 26.8 Å². The third kappa shape index (κ3) is 7.96. The fourth-order valence-corrected chi connectivity index (χ4v) is 3.81. The van der Waals surface area contributed by atoms with Crippen molar-refractivity contribution in [2.75, 3.05) is 23.8 Å². The largest absolute Gasteiger partial charge is 0.490 e. The number of amides is 1. The molecule has 0 saturated heterocycles. The van der Waals surface area contributed by atoms with Gasteiger partial charge in [0.1, 0.15) is 5.84 Å². The molecule has 0 atom stereocenters. The zero-order valence-electron chi connectivity index (χ0n) is 21.5. The first kappa shape index (κ1) is 28.5. The van der Waals surface area contributed by atoms with Crippen molar-refractivity contribution in [1.82, 2.24) is 0 Å². The van der Waals surface area contributed by atoms with Crippen LogP contribution in [-0.4, -0.2) is 47.1 Å². The van der Waals surface area contributed by atoms with E-state index in [1.165, 1.54) is 6.07 Å². The second kappa shape index (κ2) is 13.0. The van der Waals surface area contributed by atoms with Crippen molar-refractivity contribution >= 4 is 35.1 Å². The number of hydrogen-bond acceptors (Lipinski definition) is 7. The second-order valence-electron chi connectivity index (χ2n) is 8.62. The molecule has 3 aromatic rings. The van der Waals surface area contributed by atoms with E-state index in [1.807, 2.05) is 13.0 Å². The molecule has 0 heterocycles. The summed E-state index contributed by atoms with van der Waals surface area (Å²) in [5.41, 5.74) is 9.14. The number of anilines is 2. The Morgan fingerprint density at radius 1 is 0.974 bits per heavy atom. The second-order valence-corrected chi connectivity index (χ2v) is 8.62. The third-order valence-corrected chi connectivity index (χ3v) is 5.53. The van der Waals surface area contributed by atoms with E-state index in [2.05, 4.69) is 10.6 Å². The van der Waals surface area contributed by atoms with Gasteiger partial charge in [0.15, 0.2) is 18.1 Å². The van der Waals surface area contributed by atoms with Gasteiger partial charge in [-0.15, -0.1) is 0 Å². The number of carbonyl (C=O) groups excluding carboxylic acids is 1. The van der Waals surface area contributed by atoms with Crippen LogP contribution in [0.1, 0.15) is 39.5 Å². The number of ether oxygens (including phenoxy) is 2. The molecule has 39 heavy (non-hydrogen) atoms. The number of hydrogen-bond donors (Lipinski definition) is 6. The number of carbonyl (C=O) groups is 3. The molecule has 0 fully saturated rings. The normalized spacial score (nSPS) is 10.4. The molecule has 0 aromatic heterocycles. The van der Waals surface area contributed by atoms with E-state index in [-0.39, 0.29) is 42.8 Å². The van der Waals surface area contributed by atoms with Gasteiger partial charge in [-0.2, -0.15) is 0 Å². The lowest BCUT2D eigenvalue weighted by molar-refractivity contribution is -0.139. The summed E-state index contributed by atoms with van der Waals surface area (Å²) in [6.07, 6.45) is -0.271. The number of aliphatic carboxylic acids is 2. The monoisotopic (exact) mass is 534 g/mol. The molecule has 0 aliphatic carbocycles. The lowest BCUT2D eigenvalue weighted by Crippen LogP contribution is -2.17. The van der Waals surface area contributed by atoms with Gasteiger partial charge >= 0.3 is 11.9 Å². The highest BCUT2D eigenvalue weighted by molar-refractivity contribution is 6.08. The van der Waals surface area contributed by atoms with Crippen LogP contribution in [0.4, 0.5) is 11.4 Å². The maximum atomic E-state index is 13.2. The Morgan fingerprint density at radius 3 is 2.31 bits per heavy atom. The van der Waals surface area contributed by atoms with Crippen LogP contribution in [0.25, 0.3) is 0 Å². The van der Waals surface area contributed by atoms with E-state index in [0.717, 1.165) is 5.56 Å². The standard InChI is InChI=1S/C28H30N4O7/c1-3-38-23-12-17(13-24(33)34)11-19(26(23)39-15-25(35)36)14-31-22-9-4-16(2)10-21(22)28(37)32-20-7-5-18(6-8-20)27(29)30/h4-12,31H,3,13-15H2,1-2H3,(H3,29,30)(H,32,37)(H,33,34)(H,35,36). The average molecular weight is 535 g/mol. The van der Waals surface area contributed by atoms with E-state index < -0.39 is 18.5 Å². The van der Waals surface area contributed by atoms with E-state index in [9.17, 15) is 19.5 Å². The quantitative estimate of drug-likeness (QED) is 0.141. The summed E-state index contributed by atoms with van der Waals surface area (Å²) in [5.74, 6) is -2.28. The molecule has 0 radical (unpaired) electrons. The minimum absolute atomic E-state index is 0.0790. The topological polar surface area (TPSA) is 184 Å². The van der Waals surface area contributed by atoms with E-state index >= 15 is 0 Å². The third-order valence-electron chi connectivity index (χ3n) is 5.53. The van der Waals surface area contributed by atoms with Crippen LogP contribution >= 0.6 is 0 Å². The van der Waals surface area contributed by atoms with Gasteiger partial charge in [-0.1, -0.05) is 11.6 Å². The van der Waals surface area contributed by atoms with Crippen LogP contribution in [0.15, 0.2) is 54.6 Å². The Labute approximate surface area is 225 Å². The van der Waals surface area contributed by atoms with Crippen molar-refractivity contribution in [1.29, 1.82) is 5.41 Å². The Morgan fingerprint density at radius 2 is 1.69 bits per heavy atom. The Balaban J connectivity index is 1.91. The van der Waals surface area contributed by atoms with Crippen LogP contribution in [0.5, 0.6) is 11.5 Å². The molecular formula is C28H30N4O7. The van der Waals surface area contributed by atoms with Gasteiger partial charge < -0.3 is 36.1 Å². The first-order chi connectivity index (χ1) is 18.6. The summed E-state index contributed by atoms with van der Waals surface area (Å²) in [5, 5.41) is 31.9. The van der Waals surface area contributed by atoms with Crippen LogP contribution < -0.4 is 25.8 Å². The van der Waals surface area contributed by atoms with Crippen molar-refractivity contribution in [2.24, 2.45) is 5.73 Å². The Bertz CT molecular complexity index is 1390. The minimum Gasteiger partial charge on any atom is -0.490 e. The van der Waals surface area contributed by atoms with Crippen LogP contribution in [0.3, 0.4) is 0 Å². The summed E-state index contributed by atoms with van der Waals surface area (Å²) >= 11 is 0. The Kier molecular flexibility index (Phi) is 9.47. The molecule has 0 spiro atoms. The first-order valence-electron chi connectivity index (χ1n) is 12.0. The van der Waals surface area contributed by atoms with Gasteiger partial charge in [-0.3, -0.25) is 15.0 Å². The zero-order valence-corrected chi connectivity index (χ0v) is 21.5. The fraction of sp³-hybridized carbons (Fsp3) is 0.214. The predicted octanol–water partition coefficient (Wildman–Crippen LogP) is 3.63. The lowest BCUT2D eigenvalue weighted by atomic mass is 10.0. The number of nitrogen functional groups attached to an aromatic ring is 1. The molecule has 204 valence electrons. The van der Waals surface area contributed by atoms with E-state index in [0.29, 0.717) is 33.6 Å². The number of amidine groups is 1. The van der Waals surface area contributed by atoms with Crippen molar-refractivity contribution in [3.63, 3.8) is 0 Å². The molecule has 7 N–H and O–H groups in total. The van der Waals surface area contributed by atoms with Gasteiger partial charge in [0.05, 0.1) is 18.6 Å². The average Bonchev–Trinajstić information content (AvgIpc) is 2.87. The van der Waals surface area contributed by atoms with Gasteiger partial charge in [-0.25, -0.2) is 4.79 Å². The smallest absolute Gasteiger partial charge is 0.341 e. The number of benzene rings is 3. The van der Waals surface area contributed by atoms with Crippen molar-refractivity contribution in [3.05, 3.63) is 82.4 Å². The number of rotatable bonds is 13. The molecule has 0 bridgehead atoms. The summed E-state index contributed by atoms with van der Waals surface area (Å²) in [7, 11) is 0. The molecule has 3 rings (SSSR count). The molecular weight excluding hydrogens is 504 g/mol. The van der Waals surface area contributed by atoms with Crippen molar-refractivity contribution < 1.29 is 34.1 Å². The van der Waals surface area contributed by atoms with E-state index in [4.69, 9.17) is 25.7 Å². The number of nitrogens with two attached hydrogens (primary N) is 1. The summed E-state index contributed by atoms with van der Waals surface area (Å²) < 4.78 is 11.1. The highest BCUT2D eigenvalue weighted by Crippen LogP contribution is 2.34. The molecule has 1 amide bonds. The number of aryl methyl sites for hydroxylation is 1. The summed E-state index contributed by atoms with van der Waals surface area (Å²) in [6.45, 7) is 3.31. The highest BCUT2D eigenvalue weighted by Gasteiger charge is 2.18. The van der Waals surface area contributed by atoms with Crippen LogP contribution in [0, 0.1) is 12.3 Å². The zero-order chi connectivity index (χ0) is 28.5. The maximum Gasteiger partial charge on any atom is 0.341 e. The SMILES string of the molecule is CCOc1cc(CC(=O)O)cc(CNc2ccc(C)cc2C(=O)Nc2ccc(C(=N)N)cc2)c1OCC(=O)O. The number of carboxylic acids is 2. The first-order valence-corrected chi connectivity index (χ1v) is 12.0. The molecule has 0 saturated carbocycles. The van der Waals surface area contributed by atoms with Crippen LogP contribution in [-0.2, 0) is 22.6 Å². The molecule has 0 unspecified atom stereocenters. The predicted molar refractivity (Wildman–Crippen MR) is 146 cm³/mol. The van der Waals surface area contributed by atoms with Crippen molar-refractivity contribution in [3.8, 4) is 11.5 Å². The lowest BCUT2D eigenvalue weighted by Gasteiger charge is -2.19. The Hall–Kier alpha value is -5.06. The van der Waals surface area contributed by atoms with Crippen LogP contribution in [0.2, 0.25) is 0 Å². The maximum absolute atomic E-state index is 13.2. The molecule has 3 aromatic carbocycles. The molecule has 11 heteroatoms. The molecule has 11 nitrogen and oxygen atoms in total.